The molecule has 1 heterocycles. The van der Waals surface area contributed by atoms with Gasteiger partial charge in [-0.1, -0.05) is 0 Å². The summed E-state index contributed by atoms with van der Waals surface area (Å²) in [6.07, 6.45) is 0. The molecule has 2 aromatic rings. The zero-order valence-electron chi connectivity index (χ0n) is 13.5. The van der Waals surface area contributed by atoms with Gasteiger partial charge >= 0.3 is 5.82 Å². The van der Waals surface area contributed by atoms with E-state index in [1.165, 1.54) is 10.7 Å². The Labute approximate surface area is 138 Å². The summed E-state index contributed by atoms with van der Waals surface area (Å²) in [5.41, 5.74) is 4.39. The lowest BCUT2D eigenvalue weighted by atomic mass is 10.1. The van der Waals surface area contributed by atoms with Crippen LogP contribution < -0.4 is 10.2 Å². The molecule has 0 spiro atoms. The van der Waals surface area contributed by atoms with Crippen molar-refractivity contribution in [1.82, 2.24) is 15.2 Å². The van der Waals surface area contributed by atoms with Gasteiger partial charge < -0.3 is 14.9 Å². The van der Waals surface area contributed by atoms with Crippen molar-refractivity contribution in [2.45, 2.75) is 20.4 Å². The maximum absolute atomic E-state index is 11.9. The Balaban J connectivity index is 2.00. The fourth-order valence-electron chi connectivity index (χ4n) is 1.96. The van der Waals surface area contributed by atoms with Gasteiger partial charge in [0.05, 0.1) is 29.7 Å². The maximum atomic E-state index is 11.9. The van der Waals surface area contributed by atoms with Crippen LogP contribution in [0.1, 0.15) is 18.2 Å². The third kappa shape index (κ3) is 4.15. The molecule has 9 nitrogen and oxygen atoms in total. The van der Waals surface area contributed by atoms with Crippen molar-refractivity contribution in [3.05, 3.63) is 51.7 Å². The number of methoxy groups -OCH3 is 1. The molecule has 2 rings (SSSR count). The lowest BCUT2D eigenvalue weighted by Gasteiger charge is -2.04. The molecule has 0 saturated carbocycles. The smallest absolute Gasteiger partial charge is 0.390 e. The highest BCUT2D eigenvalue weighted by Gasteiger charge is 2.17. The van der Waals surface area contributed by atoms with Crippen LogP contribution in [0.2, 0.25) is 0 Å². The highest BCUT2D eigenvalue weighted by Crippen LogP contribution is 2.12. The monoisotopic (exact) mass is 331 g/mol. The lowest BCUT2D eigenvalue weighted by molar-refractivity contribution is -0.389. The van der Waals surface area contributed by atoms with E-state index in [9.17, 15) is 14.9 Å². The van der Waals surface area contributed by atoms with Gasteiger partial charge in [0.15, 0.2) is 0 Å². The van der Waals surface area contributed by atoms with Crippen LogP contribution in [-0.4, -0.2) is 33.4 Å². The van der Waals surface area contributed by atoms with E-state index in [0.717, 1.165) is 11.3 Å². The van der Waals surface area contributed by atoms with Crippen molar-refractivity contribution in [3.63, 3.8) is 0 Å². The molecule has 0 aliphatic carbocycles. The second kappa shape index (κ2) is 7.36. The van der Waals surface area contributed by atoms with E-state index in [4.69, 9.17) is 4.74 Å². The number of aryl methyl sites for hydroxylation is 1. The Hall–Kier alpha value is -3.23. The quantitative estimate of drug-likeness (QED) is 0.491. The summed E-state index contributed by atoms with van der Waals surface area (Å²) in [6, 6.07) is 8.54. The van der Waals surface area contributed by atoms with Crippen LogP contribution in [0, 0.1) is 17.0 Å². The summed E-state index contributed by atoms with van der Waals surface area (Å²) >= 11 is 0. The van der Waals surface area contributed by atoms with E-state index >= 15 is 0 Å². The van der Waals surface area contributed by atoms with E-state index in [0.29, 0.717) is 11.4 Å². The molecule has 9 heteroatoms. The zero-order valence-corrected chi connectivity index (χ0v) is 13.5. The number of hydrazone groups is 1. The van der Waals surface area contributed by atoms with Crippen molar-refractivity contribution >= 4 is 17.4 Å². The highest BCUT2D eigenvalue weighted by atomic mass is 16.6. The fourth-order valence-corrected chi connectivity index (χ4v) is 1.96. The summed E-state index contributed by atoms with van der Waals surface area (Å²) in [5.74, 6) is 0.00788. The van der Waals surface area contributed by atoms with Crippen LogP contribution in [-0.2, 0) is 11.3 Å². The number of aromatic nitrogens is 2. The molecular weight excluding hydrogens is 314 g/mol. The average Bonchev–Trinajstić information content (AvgIpc) is 2.94. The Morgan fingerprint density at radius 3 is 2.62 bits per heavy atom. The van der Waals surface area contributed by atoms with Crippen LogP contribution in [0.5, 0.6) is 5.75 Å². The first-order chi connectivity index (χ1) is 11.4. The molecular formula is C15H17N5O4. The molecule has 0 unspecified atom stereocenters. The van der Waals surface area contributed by atoms with E-state index < -0.39 is 10.8 Å². The zero-order chi connectivity index (χ0) is 17.7. The fraction of sp³-hybridized carbons (Fsp3) is 0.267. The second-order valence-electron chi connectivity index (χ2n) is 5.02. The van der Waals surface area contributed by atoms with E-state index in [2.05, 4.69) is 15.6 Å². The van der Waals surface area contributed by atoms with Crippen LogP contribution in [0.4, 0.5) is 5.82 Å². The molecule has 1 amide bonds. The summed E-state index contributed by atoms with van der Waals surface area (Å²) in [6.45, 7) is 3.24. The minimum Gasteiger partial charge on any atom is -0.497 e. The Morgan fingerprint density at radius 1 is 1.42 bits per heavy atom. The molecule has 126 valence electrons. The summed E-state index contributed by atoms with van der Waals surface area (Å²) in [7, 11) is 1.58. The first-order valence-electron chi connectivity index (χ1n) is 7.07. The van der Waals surface area contributed by atoms with Crippen molar-refractivity contribution in [1.29, 1.82) is 0 Å². The molecule has 0 aliphatic heterocycles. The van der Waals surface area contributed by atoms with Gasteiger partial charge in [-0.2, -0.15) is 9.78 Å². The van der Waals surface area contributed by atoms with E-state index in [1.54, 1.807) is 33.1 Å². The Kier molecular flexibility index (Phi) is 5.25. The molecule has 24 heavy (non-hydrogen) atoms. The van der Waals surface area contributed by atoms with Gasteiger partial charge in [-0.3, -0.25) is 4.79 Å². The highest BCUT2D eigenvalue weighted by molar-refractivity contribution is 5.99. The number of amides is 1. The first kappa shape index (κ1) is 17.1. The van der Waals surface area contributed by atoms with Crippen molar-refractivity contribution < 1.29 is 14.5 Å². The van der Waals surface area contributed by atoms with E-state index in [-0.39, 0.29) is 12.4 Å². The topological polar surface area (TPSA) is 112 Å². The number of nitrogens with one attached hydrogen (secondary N) is 1. The largest absolute Gasteiger partial charge is 0.497 e. The predicted molar refractivity (Wildman–Crippen MR) is 87.0 cm³/mol. The molecule has 0 aliphatic rings. The van der Waals surface area contributed by atoms with Crippen molar-refractivity contribution in [3.8, 4) is 5.75 Å². The predicted octanol–water partition coefficient (Wildman–Crippen LogP) is 1.65. The van der Waals surface area contributed by atoms with Gasteiger partial charge in [0.1, 0.15) is 12.3 Å². The number of benzene rings is 1. The Morgan fingerprint density at radius 2 is 2.08 bits per heavy atom. The number of hydrogen-bond donors (Lipinski definition) is 1. The molecule has 0 saturated heterocycles. The Bertz CT molecular complexity index is 780. The van der Waals surface area contributed by atoms with Crippen LogP contribution in [0.25, 0.3) is 0 Å². The molecule has 0 atom stereocenters. The normalized spacial score (nSPS) is 11.2. The SMILES string of the molecule is COc1ccc(/C(C)=N\NC(=O)Cn2nc([N+](=O)[O-])cc2C)cc1. The molecule has 1 N–H and O–H groups in total. The number of ether oxygens (including phenoxy) is 1. The van der Waals surface area contributed by atoms with Gasteiger partial charge in [-0.25, -0.2) is 5.43 Å². The third-order valence-electron chi connectivity index (χ3n) is 3.30. The maximum Gasteiger partial charge on any atom is 0.390 e. The molecule has 1 aromatic heterocycles. The number of hydrogen-bond acceptors (Lipinski definition) is 6. The summed E-state index contributed by atoms with van der Waals surface area (Å²) in [5, 5.41) is 18.4. The molecule has 0 radical (unpaired) electrons. The number of rotatable bonds is 6. The van der Waals surface area contributed by atoms with Gasteiger partial charge in [0.25, 0.3) is 5.91 Å². The number of nitro groups is 1. The van der Waals surface area contributed by atoms with Gasteiger partial charge in [-0.05, 0) is 48.6 Å². The van der Waals surface area contributed by atoms with Crippen LogP contribution >= 0.6 is 0 Å². The van der Waals surface area contributed by atoms with Crippen LogP contribution in [0.3, 0.4) is 0 Å². The lowest BCUT2D eigenvalue weighted by Crippen LogP contribution is -2.25. The molecule has 0 fully saturated rings. The summed E-state index contributed by atoms with van der Waals surface area (Å²) in [4.78, 5) is 22.0. The minimum atomic E-state index is -0.604. The standard InChI is InChI=1S/C15H17N5O4/c1-10-8-14(20(22)23)18-19(10)9-15(21)17-16-11(2)12-4-6-13(24-3)7-5-12/h4-8H,9H2,1-3H3,(H,17,21)/b16-11-. The third-order valence-corrected chi connectivity index (χ3v) is 3.30. The minimum absolute atomic E-state index is 0.154. The number of carbonyl (C=O) groups excluding carboxylic acids is 1. The molecule has 1 aromatic carbocycles. The number of nitrogens with zero attached hydrogens (tertiary/aromatic N) is 4. The number of carbonyl (C=O) groups is 1. The van der Waals surface area contributed by atoms with Gasteiger partial charge in [0, 0.05) is 0 Å². The second-order valence-corrected chi connectivity index (χ2v) is 5.02. The first-order valence-corrected chi connectivity index (χ1v) is 7.07. The van der Waals surface area contributed by atoms with E-state index in [1.807, 2.05) is 12.1 Å². The van der Waals surface area contributed by atoms with Crippen LogP contribution in [0.15, 0.2) is 35.4 Å². The van der Waals surface area contributed by atoms with Crippen molar-refractivity contribution in [2.24, 2.45) is 5.10 Å². The summed E-state index contributed by atoms with van der Waals surface area (Å²) < 4.78 is 6.33. The van der Waals surface area contributed by atoms with Crippen molar-refractivity contribution in [2.75, 3.05) is 7.11 Å². The van der Waals surface area contributed by atoms with Gasteiger partial charge in [0.2, 0.25) is 0 Å². The average molecular weight is 331 g/mol. The van der Waals surface area contributed by atoms with Gasteiger partial charge in [-0.15, -0.1) is 0 Å². The molecule has 0 bridgehead atoms.